The van der Waals surface area contributed by atoms with Crippen LogP contribution in [0.2, 0.25) is 0 Å². The lowest BCUT2D eigenvalue weighted by atomic mass is 10.0. The molecule has 7 heteroatoms. The number of primary amides is 1. The van der Waals surface area contributed by atoms with Gasteiger partial charge in [0.15, 0.2) is 0 Å². The quantitative estimate of drug-likeness (QED) is 0.726. The molecule has 1 aromatic rings. The van der Waals surface area contributed by atoms with Gasteiger partial charge in [-0.1, -0.05) is 5.10 Å². The average Bonchev–Trinajstić information content (AvgIpc) is 2.78. The molecule has 1 atom stereocenters. The monoisotopic (exact) mass is 239 g/mol. The lowest BCUT2D eigenvalue weighted by molar-refractivity contribution is -0.119. The van der Waals surface area contributed by atoms with E-state index >= 15 is 0 Å². The molecule has 94 valence electrons. The molecule has 1 unspecified atom stereocenters. The van der Waals surface area contributed by atoms with Crippen molar-refractivity contribution in [2.45, 2.75) is 31.7 Å². The van der Waals surface area contributed by atoms with Crippen molar-refractivity contribution in [2.24, 2.45) is 11.5 Å². The molecule has 1 saturated heterocycles. The Morgan fingerprint density at radius 3 is 3.00 bits per heavy atom. The van der Waals surface area contributed by atoms with Crippen molar-refractivity contribution in [1.82, 2.24) is 10.2 Å². The molecule has 2 heterocycles. The van der Waals surface area contributed by atoms with Crippen molar-refractivity contribution in [3.05, 3.63) is 5.89 Å². The molecule has 0 bridgehead atoms. The van der Waals surface area contributed by atoms with E-state index in [1.54, 1.807) is 4.90 Å². The number of nitrogens with zero attached hydrogens (tertiary/aromatic N) is 3. The fraction of sp³-hybridized carbons (Fsp3) is 0.700. The van der Waals surface area contributed by atoms with E-state index in [9.17, 15) is 4.79 Å². The highest BCUT2D eigenvalue weighted by Gasteiger charge is 2.30. The van der Waals surface area contributed by atoms with Crippen LogP contribution in [0.15, 0.2) is 4.42 Å². The molecular formula is C10H17N5O2. The largest absolute Gasteiger partial charge is 0.408 e. The van der Waals surface area contributed by atoms with Crippen LogP contribution in [0.25, 0.3) is 0 Å². The maximum Gasteiger partial charge on any atom is 0.318 e. The minimum Gasteiger partial charge on any atom is -0.408 e. The summed E-state index contributed by atoms with van der Waals surface area (Å²) in [5.74, 6) is 0.152. The number of hydrogen-bond donors (Lipinski definition) is 2. The van der Waals surface area contributed by atoms with Crippen LogP contribution >= 0.6 is 0 Å². The van der Waals surface area contributed by atoms with Gasteiger partial charge in [0.2, 0.25) is 11.8 Å². The predicted molar refractivity (Wildman–Crippen MR) is 61.2 cm³/mol. The van der Waals surface area contributed by atoms with Gasteiger partial charge in [-0.25, -0.2) is 0 Å². The lowest BCUT2D eigenvalue weighted by Gasteiger charge is -2.31. The summed E-state index contributed by atoms with van der Waals surface area (Å²) in [7, 11) is 0. The third-order valence-corrected chi connectivity index (χ3v) is 2.89. The molecule has 17 heavy (non-hydrogen) atoms. The zero-order chi connectivity index (χ0) is 12.3. The topological polar surface area (TPSA) is 111 Å². The van der Waals surface area contributed by atoms with Crippen molar-refractivity contribution in [1.29, 1.82) is 0 Å². The average molecular weight is 239 g/mol. The lowest BCUT2D eigenvalue weighted by Crippen LogP contribution is -2.48. The maximum absolute atomic E-state index is 11.3. The van der Waals surface area contributed by atoms with Gasteiger partial charge < -0.3 is 20.8 Å². The highest BCUT2D eigenvalue weighted by atomic mass is 16.4. The van der Waals surface area contributed by atoms with Crippen molar-refractivity contribution < 1.29 is 9.21 Å². The Morgan fingerprint density at radius 2 is 2.29 bits per heavy atom. The van der Waals surface area contributed by atoms with Gasteiger partial charge in [0.05, 0.1) is 0 Å². The molecule has 4 N–H and O–H groups in total. The number of nitrogens with two attached hydrogens (primary N) is 2. The second-order valence-corrected chi connectivity index (χ2v) is 4.12. The summed E-state index contributed by atoms with van der Waals surface area (Å²) in [6.45, 7) is 1.18. The summed E-state index contributed by atoms with van der Waals surface area (Å²) in [6, 6.07) is 0.0341. The maximum atomic E-state index is 11.3. The molecule has 0 saturated carbocycles. The first-order valence-corrected chi connectivity index (χ1v) is 5.81. The molecule has 1 aliphatic rings. The molecule has 0 spiro atoms. The molecule has 0 aliphatic carbocycles. The van der Waals surface area contributed by atoms with E-state index in [2.05, 4.69) is 10.2 Å². The minimum atomic E-state index is -0.344. The summed E-state index contributed by atoms with van der Waals surface area (Å²) >= 11 is 0. The zero-order valence-electron chi connectivity index (χ0n) is 9.63. The molecular weight excluding hydrogens is 222 g/mol. The van der Waals surface area contributed by atoms with E-state index in [1.807, 2.05) is 0 Å². The Hall–Kier alpha value is -1.63. The number of carbonyl (C=O) groups excluding carboxylic acids is 1. The SMILES string of the molecule is NCCc1nnc(N2CCCCC2C(N)=O)o1. The van der Waals surface area contributed by atoms with Gasteiger partial charge in [-0.3, -0.25) is 4.79 Å². The second-order valence-electron chi connectivity index (χ2n) is 4.12. The highest BCUT2D eigenvalue weighted by Crippen LogP contribution is 2.23. The third kappa shape index (κ3) is 2.55. The fourth-order valence-electron chi connectivity index (χ4n) is 2.04. The van der Waals surface area contributed by atoms with Crippen LogP contribution in [0.4, 0.5) is 6.01 Å². The van der Waals surface area contributed by atoms with Crippen molar-refractivity contribution in [3.63, 3.8) is 0 Å². The first-order chi connectivity index (χ1) is 8.22. The predicted octanol–water partition coefficient (Wildman–Crippen LogP) is -0.585. The van der Waals surface area contributed by atoms with Crippen LogP contribution in [0, 0.1) is 0 Å². The third-order valence-electron chi connectivity index (χ3n) is 2.89. The van der Waals surface area contributed by atoms with Crippen LogP contribution in [-0.2, 0) is 11.2 Å². The zero-order valence-corrected chi connectivity index (χ0v) is 9.63. The van der Waals surface area contributed by atoms with Crippen molar-refractivity contribution >= 4 is 11.9 Å². The first kappa shape index (κ1) is 11.8. The highest BCUT2D eigenvalue weighted by molar-refractivity contribution is 5.83. The van der Waals surface area contributed by atoms with Gasteiger partial charge in [-0.05, 0) is 19.3 Å². The van der Waals surface area contributed by atoms with E-state index in [0.717, 1.165) is 25.8 Å². The van der Waals surface area contributed by atoms with Gasteiger partial charge in [0.25, 0.3) is 0 Å². The Balaban J connectivity index is 2.14. The summed E-state index contributed by atoms with van der Waals surface area (Å²) in [4.78, 5) is 13.1. The normalized spacial score (nSPS) is 20.5. The Kier molecular flexibility index (Phi) is 3.58. The van der Waals surface area contributed by atoms with E-state index in [1.165, 1.54) is 0 Å². The molecule has 0 aromatic carbocycles. The number of hydrogen-bond acceptors (Lipinski definition) is 6. The van der Waals surface area contributed by atoms with Crippen LogP contribution in [0.1, 0.15) is 25.2 Å². The van der Waals surface area contributed by atoms with E-state index < -0.39 is 0 Å². The molecule has 1 fully saturated rings. The van der Waals surface area contributed by atoms with Crippen LogP contribution in [-0.4, -0.2) is 35.2 Å². The van der Waals surface area contributed by atoms with Gasteiger partial charge in [0.1, 0.15) is 6.04 Å². The van der Waals surface area contributed by atoms with Crippen LogP contribution in [0.3, 0.4) is 0 Å². The summed E-state index contributed by atoms with van der Waals surface area (Å²) in [5, 5.41) is 7.82. The Morgan fingerprint density at radius 1 is 1.47 bits per heavy atom. The molecule has 7 nitrogen and oxygen atoms in total. The Bertz CT molecular complexity index is 392. The fourth-order valence-corrected chi connectivity index (χ4v) is 2.04. The second kappa shape index (κ2) is 5.13. The molecule has 1 aliphatic heterocycles. The summed E-state index contributed by atoms with van der Waals surface area (Å²) < 4.78 is 5.46. The van der Waals surface area contributed by atoms with Crippen LogP contribution < -0.4 is 16.4 Å². The molecule has 0 radical (unpaired) electrons. The number of amides is 1. The van der Waals surface area contributed by atoms with Gasteiger partial charge in [-0.2, -0.15) is 0 Å². The van der Waals surface area contributed by atoms with Crippen molar-refractivity contribution in [3.8, 4) is 0 Å². The number of piperidine rings is 1. The summed E-state index contributed by atoms with van der Waals surface area (Å²) in [5.41, 5.74) is 10.8. The van der Waals surface area contributed by atoms with E-state index in [0.29, 0.717) is 24.9 Å². The Labute approximate surface area is 99.1 Å². The molecule has 1 amide bonds. The summed E-state index contributed by atoms with van der Waals surface area (Å²) in [6.07, 6.45) is 3.28. The van der Waals surface area contributed by atoms with Crippen LogP contribution in [0.5, 0.6) is 0 Å². The smallest absolute Gasteiger partial charge is 0.318 e. The number of rotatable bonds is 4. The number of anilines is 1. The van der Waals surface area contributed by atoms with E-state index in [4.69, 9.17) is 15.9 Å². The first-order valence-electron chi connectivity index (χ1n) is 5.81. The minimum absolute atomic E-state index is 0.338. The van der Waals surface area contributed by atoms with Crippen molar-refractivity contribution in [2.75, 3.05) is 18.0 Å². The van der Waals surface area contributed by atoms with Gasteiger partial charge in [-0.15, -0.1) is 5.10 Å². The van der Waals surface area contributed by atoms with Gasteiger partial charge in [0, 0.05) is 19.5 Å². The standard InChI is InChI=1S/C10H17N5O2/c11-5-4-8-13-14-10(17-8)15-6-2-1-3-7(15)9(12)16/h7H,1-6,11H2,(H2,12,16). The van der Waals surface area contributed by atoms with Gasteiger partial charge >= 0.3 is 6.01 Å². The number of aromatic nitrogens is 2. The number of carbonyl (C=O) groups is 1. The molecule has 1 aromatic heterocycles. The molecule has 2 rings (SSSR count). The van der Waals surface area contributed by atoms with E-state index in [-0.39, 0.29) is 11.9 Å².